The van der Waals surface area contributed by atoms with E-state index in [2.05, 4.69) is 11.8 Å². The van der Waals surface area contributed by atoms with E-state index in [9.17, 15) is 5.11 Å². The van der Waals surface area contributed by atoms with Crippen molar-refractivity contribution in [3.05, 3.63) is 0 Å². The van der Waals surface area contributed by atoms with Gasteiger partial charge in [0.05, 0.1) is 6.10 Å². The molecule has 1 aliphatic carbocycles. The van der Waals surface area contributed by atoms with Crippen molar-refractivity contribution in [1.29, 1.82) is 0 Å². The molecule has 1 N–H and O–H groups in total. The standard InChI is InChI=1S/C18H35NO/c1-2-3-4-5-6-7-12-17(20)18(13-8-9-14-18)19-15-10-11-16-19/h17,20H,2-16H2,1H3. The van der Waals surface area contributed by atoms with Crippen LogP contribution in [0.15, 0.2) is 0 Å². The molecule has 0 aromatic rings. The molecule has 0 bridgehead atoms. The fourth-order valence-corrected chi connectivity index (χ4v) is 4.40. The number of nitrogens with zero attached hydrogens (tertiary/aromatic N) is 1. The second-order valence-electron chi connectivity index (χ2n) is 7.08. The van der Waals surface area contributed by atoms with Crippen LogP contribution in [0, 0.1) is 0 Å². The average molecular weight is 281 g/mol. The molecular formula is C18H35NO. The molecule has 0 spiro atoms. The summed E-state index contributed by atoms with van der Waals surface area (Å²) in [7, 11) is 0. The van der Waals surface area contributed by atoms with Crippen molar-refractivity contribution in [3.63, 3.8) is 0 Å². The van der Waals surface area contributed by atoms with Gasteiger partial charge in [-0.2, -0.15) is 0 Å². The summed E-state index contributed by atoms with van der Waals surface area (Å²) in [6.07, 6.45) is 16.7. The van der Waals surface area contributed by atoms with Crippen molar-refractivity contribution in [2.24, 2.45) is 0 Å². The van der Waals surface area contributed by atoms with E-state index in [4.69, 9.17) is 0 Å². The topological polar surface area (TPSA) is 23.5 Å². The maximum Gasteiger partial charge on any atom is 0.0723 e. The summed E-state index contributed by atoms with van der Waals surface area (Å²) in [6.45, 7) is 4.73. The lowest BCUT2D eigenvalue weighted by molar-refractivity contribution is -0.0231. The van der Waals surface area contributed by atoms with Gasteiger partial charge in [-0.15, -0.1) is 0 Å². The van der Waals surface area contributed by atoms with E-state index < -0.39 is 0 Å². The number of hydrogen-bond donors (Lipinski definition) is 1. The summed E-state index contributed by atoms with van der Waals surface area (Å²) in [5.41, 5.74) is 0.167. The predicted molar refractivity (Wildman–Crippen MR) is 86.0 cm³/mol. The van der Waals surface area contributed by atoms with Crippen molar-refractivity contribution in [2.75, 3.05) is 13.1 Å². The lowest BCUT2D eigenvalue weighted by Gasteiger charge is -2.43. The van der Waals surface area contributed by atoms with Gasteiger partial charge in [0.2, 0.25) is 0 Å². The predicted octanol–water partition coefficient (Wildman–Crippen LogP) is 4.51. The van der Waals surface area contributed by atoms with E-state index in [0.717, 1.165) is 6.42 Å². The highest BCUT2D eigenvalue weighted by Crippen LogP contribution is 2.41. The van der Waals surface area contributed by atoms with Crippen LogP contribution in [-0.2, 0) is 0 Å². The van der Waals surface area contributed by atoms with Crippen molar-refractivity contribution in [3.8, 4) is 0 Å². The number of aliphatic hydroxyl groups excluding tert-OH is 1. The minimum Gasteiger partial charge on any atom is -0.391 e. The van der Waals surface area contributed by atoms with Gasteiger partial charge in [0, 0.05) is 5.54 Å². The third-order valence-electron chi connectivity index (χ3n) is 5.66. The first kappa shape index (κ1) is 16.3. The zero-order chi connectivity index (χ0) is 14.3. The van der Waals surface area contributed by atoms with E-state index in [-0.39, 0.29) is 11.6 Å². The number of aliphatic hydroxyl groups is 1. The maximum atomic E-state index is 10.8. The lowest BCUT2D eigenvalue weighted by Crippen LogP contribution is -2.53. The Morgan fingerprint density at radius 2 is 1.50 bits per heavy atom. The van der Waals surface area contributed by atoms with Crippen LogP contribution in [0.4, 0.5) is 0 Å². The Bertz CT molecular complexity index is 254. The van der Waals surface area contributed by atoms with Gasteiger partial charge in [-0.05, 0) is 45.2 Å². The molecule has 2 rings (SSSR count). The van der Waals surface area contributed by atoms with Gasteiger partial charge < -0.3 is 5.11 Å². The van der Waals surface area contributed by atoms with Gasteiger partial charge >= 0.3 is 0 Å². The number of unbranched alkanes of at least 4 members (excludes halogenated alkanes) is 5. The van der Waals surface area contributed by atoms with E-state index in [1.54, 1.807) is 0 Å². The van der Waals surface area contributed by atoms with Crippen molar-refractivity contribution < 1.29 is 5.11 Å². The molecule has 0 aromatic heterocycles. The van der Waals surface area contributed by atoms with E-state index >= 15 is 0 Å². The Morgan fingerprint density at radius 3 is 2.15 bits per heavy atom. The van der Waals surface area contributed by atoms with Crippen molar-refractivity contribution in [2.45, 2.75) is 102 Å². The Balaban J connectivity index is 1.74. The molecule has 1 unspecified atom stereocenters. The smallest absolute Gasteiger partial charge is 0.0723 e. The van der Waals surface area contributed by atoms with E-state index in [1.807, 2.05) is 0 Å². The average Bonchev–Trinajstić information content (AvgIpc) is 3.13. The highest BCUT2D eigenvalue weighted by molar-refractivity contribution is 5.01. The monoisotopic (exact) mass is 281 g/mol. The molecule has 1 atom stereocenters. The molecule has 1 aliphatic heterocycles. The van der Waals surface area contributed by atoms with Gasteiger partial charge in [-0.3, -0.25) is 4.90 Å². The first-order valence-corrected chi connectivity index (χ1v) is 9.23. The molecular weight excluding hydrogens is 246 g/mol. The van der Waals surface area contributed by atoms with Crippen molar-refractivity contribution in [1.82, 2.24) is 4.90 Å². The Kier molecular flexibility index (Phi) is 6.83. The first-order valence-electron chi connectivity index (χ1n) is 9.23. The third-order valence-corrected chi connectivity index (χ3v) is 5.66. The van der Waals surface area contributed by atoms with Gasteiger partial charge in [0.1, 0.15) is 0 Å². The SMILES string of the molecule is CCCCCCCCC(O)C1(N2CCCC2)CCCC1. The summed E-state index contributed by atoms with van der Waals surface area (Å²) < 4.78 is 0. The minimum absolute atomic E-state index is 0.0747. The molecule has 2 aliphatic rings. The summed E-state index contributed by atoms with van der Waals surface area (Å²) in [5, 5.41) is 10.8. The van der Waals surface area contributed by atoms with Crippen LogP contribution in [0.5, 0.6) is 0 Å². The van der Waals surface area contributed by atoms with Gasteiger partial charge in [-0.25, -0.2) is 0 Å². The van der Waals surface area contributed by atoms with Crippen molar-refractivity contribution >= 4 is 0 Å². The molecule has 1 saturated carbocycles. The summed E-state index contributed by atoms with van der Waals surface area (Å²) >= 11 is 0. The summed E-state index contributed by atoms with van der Waals surface area (Å²) in [6, 6.07) is 0. The van der Waals surface area contributed by atoms with Crippen LogP contribution in [0.25, 0.3) is 0 Å². The molecule has 2 heteroatoms. The number of likely N-dealkylation sites (tertiary alicyclic amines) is 1. The van der Waals surface area contributed by atoms with Gasteiger partial charge in [0.15, 0.2) is 0 Å². The lowest BCUT2D eigenvalue weighted by atomic mass is 9.85. The third kappa shape index (κ3) is 3.98. The van der Waals surface area contributed by atoms with Crippen LogP contribution < -0.4 is 0 Å². The fourth-order valence-electron chi connectivity index (χ4n) is 4.40. The van der Waals surface area contributed by atoms with Crippen LogP contribution >= 0.6 is 0 Å². The largest absolute Gasteiger partial charge is 0.391 e. The molecule has 118 valence electrons. The van der Waals surface area contributed by atoms with Gasteiger partial charge in [-0.1, -0.05) is 58.3 Å². The maximum absolute atomic E-state index is 10.8. The highest BCUT2D eigenvalue weighted by atomic mass is 16.3. The first-order chi connectivity index (χ1) is 9.79. The second-order valence-corrected chi connectivity index (χ2v) is 7.08. The highest BCUT2D eigenvalue weighted by Gasteiger charge is 2.45. The molecule has 2 fully saturated rings. The molecule has 20 heavy (non-hydrogen) atoms. The van der Waals surface area contributed by atoms with E-state index in [1.165, 1.54) is 90.1 Å². The summed E-state index contributed by atoms with van der Waals surface area (Å²) in [5.74, 6) is 0. The zero-order valence-corrected chi connectivity index (χ0v) is 13.6. The zero-order valence-electron chi connectivity index (χ0n) is 13.6. The molecule has 2 nitrogen and oxygen atoms in total. The number of hydrogen-bond acceptors (Lipinski definition) is 2. The van der Waals surface area contributed by atoms with Crippen LogP contribution in [0.1, 0.15) is 90.4 Å². The fraction of sp³-hybridized carbons (Fsp3) is 1.00. The van der Waals surface area contributed by atoms with E-state index in [0.29, 0.717) is 0 Å². The Morgan fingerprint density at radius 1 is 0.900 bits per heavy atom. The van der Waals surface area contributed by atoms with Crippen LogP contribution in [0.3, 0.4) is 0 Å². The normalized spacial score (nSPS) is 24.3. The quantitative estimate of drug-likeness (QED) is 0.629. The Labute approximate surface area is 125 Å². The summed E-state index contributed by atoms with van der Waals surface area (Å²) in [4.78, 5) is 2.64. The van der Waals surface area contributed by atoms with Crippen LogP contribution in [0.2, 0.25) is 0 Å². The molecule has 0 aromatic carbocycles. The Hall–Kier alpha value is -0.0800. The van der Waals surface area contributed by atoms with Gasteiger partial charge in [0.25, 0.3) is 0 Å². The molecule has 1 heterocycles. The molecule has 1 saturated heterocycles. The minimum atomic E-state index is -0.0747. The molecule has 0 amide bonds. The number of rotatable bonds is 9. The van der Waals surface area contributed by atoms with Crippen LogP contribution in [-0.4, -0.2) is 34.7 Å². The molecule has 0 radical (unpaired) electrons. The second kappa shape index (κ2) is 8.38.